The fourth-order valence-electron chi connectivity index (χ4n) is 2.67. The number of aromatic nitrogens is 2. The highest BCUT2D eigenvalue weighted by Crippen LogP contribution is 2.22. The maximum absolute atomic E-state index is 12.5. The van der Waals surface area contributed by atoms with Crippen LogP contribution in [-0.4, -0.2) is 54.1 Å². The first-order valence-corrected chi connectivity index (χ1v) is 9.44. The summed E-state index contributed by atoms with van der Waals surface area (Å²) in [6, 6.07) is 0. The zero-order chi connectivity index (χ0) is 15.6. The number of amides is 1. The number of carbonyl (C=O) groups excluding carboxylic acids is 1. The number of hydrogen-bond acceptors (Lipinski definition) is 4. The summed E-state index contributed by atoms with van der Waals surface area (Å²) in [5.74, 6) is -0.108. The topological polar surface area (TPSA) is 72.3 Å². The van der Waals surface area contributed by atoms with E-state index in [1.165, 1.54) is 6.26 Å². The number of sulfone groups is 1. The molecule has 1 saturated heterocycles. The molecule has 21 heavy (non-hydrogen) atoms. The number of rotatable bonds is 4. The van der Waals surface area contributed by atoms with Crippen LogP contribution in [0.3, 0.4) is 0 Å². The van der Waals surface area contributed by atoms with Gasteiger partial charge in [-0.15, -0.1) is 0 Å². The third-order valence-electron chi connectivity index (χ3n) is 3.59. The van der Waals surface area contributed by atoms with E-state index in [4.69, 9.17) is 11.6 Å². The lowest BCUT2D eigenvalue weighted by Gasteiger charge is -2.32. The molecule has 1 amide bonds. The summed E-state index contributed by atoms with van der Waals surface area (Å²) >= 11 is 6.05. The van der Waals surface area contributed by atoms with Gasteiger partial charge < -0.3 is 4.90 Å². The summed E-state index contributed by atoms with van der Waals surface area (Å²) in [6.45, 7) is 3.62. The number of halogens is 1. The first kappa shape index (κ1) is 16.3. The summed E-state index contributed by atoms with van der Waals surface area (Å²) < 4.78 is 24.4. The van der Waals surface area contributed by atoms with Crippen molar-refractivity contribution < 1.29 is 13.2 Å². The van der Waals surface area contributed by atoms with Crippen molar-refractivity contribution in [2.75, 3.05) is 25.1 Å². The van der Waals surface area contributed by atoms with Gasteiger partial charge in [-0.2, -0.15) is 5.10 Å². The highest BCUT2D eigenvalue weighted by atomic mass is 35.5. The quantitative estimate of drug-likeness (QED) is 0.836. The fourth-order valence-corrected chi connectivity index (χ4v) is 4.03. The molecule has 1 aliphatic heterocycles. The molecule has 2 heterocycles. The number of piperidine rings is 1. The van der Waals surface area contributed by atoms with E-state index >= 15 is 0 Å². The Balaban J connectivity index is 2.10. The molecule has 2 rings (SSSR count). The minimum Gasteiger partial charge on any atom is -0.337 e. The maximum atomic E-state index is 12.5. The lowest BCUT2D eigenvalue weighted by atomic mass is 10.00. The van der Waals surface area contributed by atoms with E-state index in [1.807, 2.05) is 6.92 Å². The normalized spacial score (nSPS) is 19.8. The van der Waals surface area contributed by atoms with Crippen LogP contribution in [-0.2, 0) is 16.4 Å². The second kappa shape index (κ2) is 6.36. The Bertz CT molecular complexity index is 627. The molecule has 0 saturated carbocycles. The van der Waals surface area contributed by atoms with Crippen LogP contribution < -0.4 is 0 Å². The van der Waals surface area contributed by atoms with E-state index in [-0.39, 0.29) is 23.3 Å². The van der Waals surface area contributed by atoms with Crippen LogP contribution in [0.25, 0.3) is 0 Å². The van der Waals surface area contributed by atoms with Crippen molar-refractivity contribution in [3.8, 4) is 0 Å². The number of nitrogens with zero attached hydrogens (tertiary/aromatic N) is 3. The van der Waals surface area contributed by atoms with E-state index in [0.717, 1.165) is 12.8 Å². The number of hydrogen-bond donors (Lipinski definition) is 0. The Kier molecular flexibility index (Phi) is 4.93. The lowest BCUT2D eigenvalue weighted by molar-refractivity contribution is 0.0677. The second-order valence-electron chi connectivity index (χ2n) is 5.53. The van der Waals surface area contributed by atoms with Gasteiger partial charge in [0.25, 0.3) is 5.91 Å². The number of aryl methyl sites for hydroxylation is 1. The van der Waals surface area contributed by atoms with Crippen LogP contribution in [0, 0.1) is 5.92 Å². The third kappa shape index (κ3) is 4.20. The molecule has 0 bridgehead atoms. The van der Waals surface area contributed by atoms with Gasteiger partial charge in [-0.3, -0.25) is 9.48 Å². The van der Waals surface area contributed by atoms with Crippen molar-refractivity contribution in [1.82, 2.24) is 14.7 Å². The van der Waals surface area contributed by atoms with Gasteiger partial charge in [0.2, 0.25) is 0 Å². The molecular formula is C13H20ClN3O3S. The highest BCUT2D eigenvalue weighted by Gasteiger charge is 2.29. The summed E-state index contributed by atoms with van der Waals surface area (Å²) in [4.78, 5) is 14.1. The van der Waals surface area contributed by atoms with Crippen molar-refractivity contribution in [2.24, 2.45) is 5.92 Å². The molecule has 1 fully saturated rings. The van der Waals surface area contributed by atoms with Gasteiger partial charge in [0.05, 0.1) is 10.8 Å². The summed E-state index contributed by atoms with van der Waals surface area (Å²) in [5, 5.41) is 4.52. The monoisotopic (exact) mass is 333 g/mol. The molecule has 0 unspecified atom stereocenters. The Hall–Kier alpha value is -1.08. The minimum absolute atomic E-state index is 0.00950. The molecule has 0 aromatic carbocycles. The molecule has 1 aromatic heterocycles. The highest BCUT2D eigenvalue weighted by molar-refractivity contribution is 7.90. The molecule has 0 N–H and O–H groups in total. The molecule has 118 valence electrons. The van der Waals surface area contributed by atoms with Crippen molar-refractivity contribution in [2.45, 2.75) is 26.3 Å². The average molecular weight is 334 g/mol. The molecule has 0 spiro atoms. The van der Waals surface area contributed by atoms with Gasteiger partial charge in [0.15, 0.2) is 5.69 Å². The van der Waals surface area contributed by atoms with Crippen LogP contribution in [0.4, 0.5) is 0 Å². The van der Waals surface area contributed by atoms with Gasteiger partial charge >= 0.3 is 0 Å². The summed E-state index contributed by atoms with van der Waals surface area (Å²) in [6.07, 6.45) is 4.49. The molecule has 8 heteroatoms. The van der Waals surface area contributed by atoms with E-state index < -0.39 is 9.84 Å². The van der Waals surface area contributed by atoms with Gasteiger partial charge in [-0.25, -0.2) is 8.42 Å². The third-order valence-corrected chi connectivity index (χ3v) is 4.94. The fraction of sp³-hybridized carbons (Fsp3) is 0.692. The van der Waals surface area contributed by atoms with Crippen LogP contribution in [0.1, 0.15) is 30.3 Å². The van der Waals surface area contributed by atoms with Gasteiger partial charge in [0, 0.05) is 32.1 Å². The first-order valence-electron chi connectivity index (χ1n) is 7.00. The second-order valence-corrected chi connectivity index (χ2v) is 8.13. The zero-order valence-electron chi connectivity index (χ0n) is 12.2. The van der Waals surface area contributed by atoms with Crippen molar-refractivity contribution >= 4 is 27.3 Å². The Morgan fingerprint density at radius 1 is 1.52 bits per heavy atom. The molecule has 1 aliphatic rings. The Labute approximate surface area is 130 Å². The van der Waals surface area contributed by atoms with Gasteiger partial charge in [0.1, 0.15) is 9.84 Å². The summed E-state index contributed by atoms with van der Waals surface area (Å²) in [5.41, 5.74) is 0.249. The molecule has 0 aliphatic carbocycles. The van der Waals surface area contributed by atoms with Crippen LogP contribution in [0.15, 0.2) is 6.20 Å². The van der Waals surface area contributed by atoms with Crippen molar-refractivity contribution in [3.05, 3.63) is 16.9 Å². The smallest absolute Gasteiger partial charge is 0.275 e. The van der Waals surface area contributed by atoms with E-state index in [2.05, 4.69) is 5.10 Å². The molecular weight excluding hydrogens is 314 g/mol. The van der Waals surface area contributed by atoms with Crippen LogP contribution >= 0.6 is 11.6 Å². The Morgan fingerprint density at radius 2 is 2.24 bits per heavy atom. The first-order chi connectivity index (χ1) is 9.80. The van der Waals surface area contributed by atoms with E-state index in [9.17, 15) is 13.2 Å². The number of carbonyl (C=O) groups is 1. The van der Waals surface area contributed by atoms with Crippen LogP contribution in [0.2, 0.25) is 5.02 Å². The molecule has 1 atom stereocenters. The number of likely N-dealkylation sites (tertiary alicyclic amines) is 1. The minimum atomic E-state index is -3.03. The van der Waals surface area contributed by atoms with Gasteiger partial charge in [-0.05, 0) is 25.7 Å². The van der Waals surface area contributed by atoms with Crippen molar-refractivity contribution in [1.29, 1.82) is 0 Å². The SMILES string of the molecule is CCn1cc(Cl)c(C(=O)N2CCC[C@H](CS(C)(=O)=O)C2)n1. The summed E-state index contributed by atoms with van der Waals surface area (Å²) in [7, 11) is -3.03. The maximum Gasteiger partial charge on any atom is 0.275 e. The van der Waals surface area contributed by atoms with Crippen molar-refractivity contribution in [3.63, 3.8) is 0 Å². The van der Waals surface area contributed by atoms with Crippen LogP contribution in [0.5, 0.6) is 0 Å². The Morgan fingerprint density at radius 3 is 2.81 bits per heavy atom. The molecule has 1 aromatic rings. The predicted molar refractivity (Wildman–Crippen MR) is 81.2 cm³/mol. The zero-order valence-corrected chi connectivity index (χ0v) is 13.8. The average Bonchev–Trinajstić information content (AvgIpc) is 2.77. The standard InChI is InChI=1S/C13H20ClN3O3S/c1-3-17-8-11(14)12(15-17)13(18)16-6-4-5-10(7-16)9-21(2,19)20/h8,10H,3-7,9H2,1-2H3/t10-/m0/s1. The van der Waals surface area contributed by atoms with E-state index in [1.54, 1.807) is 15.8 Å². The molecule has 0 radical (unpaired) electrons. The van der Waals surface area contributed by atoms with Gasteiger partial charge in [-0.1, -0.05) is 11.6 Å². The predicted octanol–water partition coefficient (Wildman–Crippen LogP) is 1.45. The largest absolute Gasteiger partial charge is 0.337 e. The molecule has 6 nitrogen and oxygen atoms in total. The van der Waals surface area contributed by atoms with E-state index in [0.29, 0.717) is 24.7 Å². The lowest BCUT2D eigenvalue weighted by Crippen LogP contribution is -2.42.